The van der Waals surface area contributed by atoms with E-state index in [1.54, 1.807) is 6.07 Å². The Hall–Kier alpha value is -2.10. The van der Waals surface area contributed by atoms with Crippen LogP contribution in [0, 0.1) is 6.92 Å². The fraction of sp³-hybridized carbons (Fsp3) is 0.375. The predicted molar refractivity (Wildman–Crippen MR) is 77.6 cm³/mol. The Morgan fingerprint density at radius 3 is 2.55 bits per heavy atom. The van der Waals surface area contributed by atoms with Gasteiger partial charge >= 0.3 is 5.97 Å². The maximum absolute atomic E-state index is 12.5. The van der Waals surface area contributed by atoms with Gasteiger partial charge in [-0.3, -0.25) is 4.79 Å². The molecule has 0 spiro atoms. The van der Waals surface area contributed by atoms with E-state index in [0.717, 1.165) is 43.1 Å². The van der Waals surface area contributed by atoms with Crippen molar-refractivity contribution in [3.63, 3.8) is 0 Å². The van der Waals surface area contributed by atoms with Crippen molar-refractivity contribution in [2.75, 3.05) is 13.1 Å². The number of amides is 1. The molecule has 1 amide bonds. The van der Waals surface area contributed by atoms with Crippen LogP contribution < -0.4 is 0 Å². The first kappa shape index (κ1) is 14.3. The molecule has 0 radical (unpaired) electrons. The Morgan fingerprint density at radius 2 is 1.90 bits per heavy atom. The molecule has 4 heteroatoms. The van der Waals surface area contributed by atoms with Crippen LogP contribution in [0.5, 0.6) is 0 Å². The molecule has 1 aromatic rings. The molecule has 1 N–H and O–H groups in total. The van der Waals surface area contributed by atoms with Gasteiger partial charge in [-0.1, -0.05) is 12.1 Å². The van der Waals surface area contributed by atoms with Crippen LogP contribution in [0.25, 0.3) is 6.08 Å². The number of benzene rings is 1. The molecule has 0 unspecified atom stereocenters. The summed E-state index contributed by atoms with van der Waals surface area (Å²) in [6, 6.07) is 5.45. The van der Waals surface area contributed by atoms with Crippen molar-refractivity contribution in [2.45, 2.75) is 26.2 Å². The lowest BCUT2D eigenvalue weighted by atomic mass is 10.0. The number of aliphatic carboxylic acids is 1. The van der Waals surface area contributed by atoms with Crippen molar-refractivity contribution in [1.29, 1.82) is 0 Å². The molecular formula is C16H19NO3. The van der Waals surface area contributed by atoms with Crippen LogP contribution in [-0.2, 0) is 4.79 Å². The van der Waals surface area contributed by atoms with Crippen LogP contribution in [0.1, 0.15) is 40.7 Å². The zero-order valence-electron chi connectivity index (χ0n) is 11.6. The number of rotatable bonds is 3. The predicted octanol–water partition coefficient (Wildman–Crippen LogP) is 2.72. The Balaban J connectivity index is 2.23. The number of piperidine rings is 1. The first-order valence-electron chi connectivity index (χ1n) is 6.89. The van der Waals surface area contributed by atoms with Gasteiger partial charge in [0.1, 0.15) is 0 Å². The second-order valence-corrected chi connectivity index (χ2v) is 5.10. The van der Waals surface area contributed by atoms with Gasteiger partial charge in [0.05, 0.1) is 0 Å². The first-order valence-corrected chi connectivity index (χ1v) is 6.89. The van der Waals surface area contributed by atoms with E-state index in [0.29, 0.717) is 5.56 Å². The molecule has 1 saturated heterocycles. The molecule has 106 valence electrons. The Labute approximate surface area is 118 Å². The molecule has 1 aliphatic heterocycles. The summed E-state index contributed by atoms with van der Waals surface area (Å²) in [5.74, 6) is -0.942. The van der Waals surface area contributed by atoms with Crippen molar-refractivity contribution in [3.05, 3.63) is 41.0 Å². The summed E-state index contributed by atoms with van der Waals surface area (Å²) >= 11 is 0. The lowest BCUT2D eigenvalue weighted by molar-refractivity contribution is -0.131. The number of nitrogens with zero attached hydrogens (tertiary/aromatic N) is 1. The van der Waals surface area contributed by atoms with Crippen LogP contribution in [0.4, 0.5) is 0 Å². The molecular weight excluding hydrogens is 254 g/mol. The monoisotopic (exact) mass is 273 g/mol. The molecule has 0 aromatic heterocycles. The van der Waals surface area contributed by atoms with Gasteiger partial charge in [-0.15, -0.1) is 0 Å². The minimum Gasteiger partial charge on any atom is -0.478 e. The highest BCUT2D eigenvalue weighted by Crippen LogP contribution is 2.18. The summed E-state index contributed by atoms with van der Waals surface area (Å²) in [4.78, 5) is 24.9. The van der Waals surface area contributed by atoms with Gasteiger partial charge in [0, 0.05) is 24.7 Å². The summed E-state index contributed by atoms with van der Waals surface area (Å²) in [5, 5.41) is 8.65. The maximum atomic E-state index is 12.5. The molecule has 0 aliphatic carbocycles. The Kier molecular flexibility index (Phi) is 4.56. The second kappa shape index (κ2) is 6.37. The van der Waals surface area contributed by atoms with Crippen LogP contribution in [0.2, 0.25) is 0 Å². The van der Waals surface area contributed by atoms with Crippen molar-refractivity contribution in [1.82, 2.24) is 4.90 Å². The molecule has 0 saturated carbocycles. The number of carboxylic acid groups (broad SMARTS) is 1. The van der Waals surface area contributed by atoms with Gasteiger partial charge in [0.25, 0.3) is 5.91 Å². The van der Waals surface area contributed by atoms with Gasteiger partial charge < -0.3 is 10.0 Å². The summed E-state index contributed by atoms with van der Waals surface area (Å²) in [6.07, 6.45) is 5.89. The summed E-state index contributed by atoms with van der Waals surface area (Å²) < 4.78 is 0. The number of hydrogen-bond donors (Lipinski definition) is 1. The van der Waals surface area contributed by atoms with Crippen LogP contribution in [0.3, 0.4) is 0 Å². The van der Waals surface area contributed by atoms with Gasteiger partial charge in [0.15, 0.2) is 0 Å². The van der Waals surface area contributed by atoms with Crippen molar-refractivity contribution in [3.8, 4) is 0 Å². The zero-order valence-corrected chi connectivity index (χ0v) is 11.6. The molecule has 0 atom stereocenters. The Bertz CT molecular complexity index is 543. The lowest BCUT2D eigenvalue weighted by Crippen LogP contribution is -2.36. The largest absolute Gasteiger partial charge is 0.478 e. The van der Waals surface area contributed by atoms with Crippen LogP contribution in [0.15, 0.2) is 24.3 Å². The quantitative estimate of drug-likeness (QED) is 0.861. The number of carbonyl (C=O) groups excluding carboxylic acids is 1. The van der Waals surface area contributed by atoms with E-state index < -0.39 is 5.97 Å². The van der Waals surface area contributed by atoms with E-state index in [1.807, 2.05) is 24.0 Å². The van der Waals surface area contributed by atoms with E-state index in [4.69, 9.17) is 5.11 Å². The third kappa shape index (κ3) is 3.47. The highest BCUT2D eigenvalue weighted by Gasteiger charge is 2.19. The van der Waals surface area contributed by atoms with E-state index in [1.165, 1.54) is 12.5 Å². The number of carboxylic acids is 1. The average molecular weight is 273 g/mol. The smallest absolute Gasteiger partial charge is 0.328 e. The molecule has 20 heavy (non-hydrogen) atoms. The van der Waals surface area contributed by atoms with Crippen molar-refractivity contribution >= 4 is 18.0 Å². The van der Waals surface area contributed by atoms with Gasteiger partial charge in [-0.05, 0) is 49.5 Å². The molecule has 2 rings (SSSR count). The molecule has 1 aromatic carbocycles. The van der Waals surface area contributed by atoms with E-state index in [-0.39, 0.29) is 5.91 Å². The Morgan fingerprint density at radius 1 is 1.20 bits per heavy atom. The highest BCUT2D eigenvalue weighted by molar-refractivity contribution is 5.96. The third-order valence-electron chi connectivity index (χ3n) is 3.55. The average Bonchev–Trinajstić information content (AvgIpc) is 2.46. The van der Waals surface area contributed by atoms with Gasteiger partial charge in [-0.25, -0.2) is 4.79 Å². The topological polar surface area (TPSA) is 57.6 Å². The van der Waals surface area contributed by atoms with Crippen LogP contribution in [-0.4, -0.2) is 35.0 Å². The third-order valence-corrected chi connectivity index (χ3v) is 3.55. The zero-order chi connectivity index (χ0) is 14.5. The maximum Gasteiger partial charge on any atom is 0.328 e. The molecule has 4 nitrogen and oxygen atoms in total. The molecule has 0 bridgehead atoms. The summed E-state index contributed by atoms with van der Waals surface area (Å²) in [6.45, 7) is 3.53. The number of aryl methyl sites for hydroxylation is 1. The number of carbonyl (C=O) groups is 2. The summed E-state index contributed by atoms with van der Waals surface area (Å²) in [7, 11) is 0. The van der Waals surface area contributed by atoms with Crippen molar-refractivity contribution < 1.29 is 14.7 Å². The fourth-order valence-electron chi connectivity index (χ4n) is 2.41. The van der Waals surface area contributed by atoms with Gasteiger partial charge in [-0.2, -0.15) is 0 Å². The first-order chi connectivity index (χ1) is 9.58. The molecule has 1 fully saturated rings. The fourth-order valence-corrected chi connectivity index (χ4v) is 2.41. The standard InChI is InChI=1S/C16H19NO3/c1-12-5-6-13(7-8-15(18)19)11-14(12)16(20)17-9-3-2-4-10-17/h5-8,11H,2-4,9-10H2,1H3,(H,18,19). The van der Waals surface area contributed by atoms with Crippen LogP contribution >= 0.6 is 0 Å². The van der Waals surface area contributed by atoms with E-state index in [9.17, 15) is 9.59 Å². The SMILES string of the molecule is Cc1ccc(C=CC(=O)O)cc1C(=O)N1CCCCC1. The molecule has 1 heterocycles. The normalized spacial score (nSPS) is 15.6. The lowest BCUT2D eigenvalue weighted by Gasteiger charge is -2.27. The molecule has 1 aliphatic rings. The van der Waals surface area contributed by atoms with E-state index >= 15 is 0 Å². The minimum absolute atomic E-state index is 0.0489. The number of hydrogen-bond acceptors (Lipinski definition) is 2. The van der Waals surface area contributed by atoms with E-state index in [2.05, 4.69) is 0 Å². The minimum atomic E-state index is -0.991. The second-order valence-electron chi connectivity index (χ2n) is 5.10. The number of likely N-dealkylation sites (tertiary alicyclic amines) is 1. The van der Waals surface area contributed by atoms with Gasteiger partial charge in [0.2, 0.25) is 0 Å². The summed E-state index contributed by atoms with van der Waals surface area (Å²) in [5.41, 5.74) is 2.32. The van der Waals surface area contributed by atoms with Crippen molar-refractivity contribution in [2.24, 2.45) is 0 Å². The highest BCUT2D eigenvalue weighted by atomic mass is 16.4.